The first-order chi connectivity index (χ1) is 7.34. The molecule has 3 nitrogen and oxygen atoms in total. The molecule has 1 aromatic rings. The number of halogens is 1. The normalized spacial score (nSPS) is 20.4. The molecule has 0 aliphatic carbocycles. The summed E-state index contributed by atoms with van der Waals surface area (Å²) < 4.78 is 1.11. The summed E-state index contributed by atoms with van der Waals surface area (Å²) in [5.41, 5.74) is 0. The SMILES string of the molecule is Cc1nnc(SCCC2CCCCN2)s1.Cl. The van der Waals surface area contributed by atoms with Gasteiger partial charge in [0.25, 0.3) is 0 Å². The third-order valence-corrected chi connectivity index (χ3v) is 4.62. The van der Waals surface area contributed by atoms with Gasteiger partial charge in [0.15, 0.2) is 4.34 Å². The van der Waals surface area contributed by atoms with Gasteiger partial charge in [0.1, 0.15) is 5.01 Å². The highest BCUT2D eigenvalue weighted by Crippen LogP contribution is 2.23. The highest BCUT2D eigenvalue weighted by molar-refractivity contribution is 8.01. The standard InChI is InChI=1S/C10H17N3S2.ClH/c1-8-12-13-10(15-8)14-7-5-9-4-2-3-6-11-9;/h9,11H,2-7H2,1H3;1H. The van der Waals surface area contributed by atoms with E-state index in [0.717, 1.165) is 21.1 Å². The van der Waals surface area contributed by atoms with Crippen LogP contribution >= 0.6 is 35.5 Å². The fourth-order valence-corrected chi connectivity index (χ4v) is 3.73. The fraction of sp³-hybridized carbons (Fsp3) is 0.800. The Labute approximate surface area is 111 Å². The van der Waals surface area contributed by atoms with Crippen LogP contribution in [0.5, 0.6) is 0 Å². The summed E-state index contributed by atoms with van der Waals surface area (Å²) in [7, 11) is 0. The lowest BCUT2D eigenvalue weighted by molar-refractivity contribution is 0.395. The average Bonchev–Trinajstić information content (AvgIpc) is 2.66. The summed E-state index contributed by atoms with van der Waals surface area (Å²) in [6.45, 7) is 3.21. The highest BCUT2D eigenvalue weighted by atomic mass is 35.5. The molecule has 0 bridgehead atoms. The molecule has 16 heavy (non-hydrogen) atoms. The van der Waals surface area contributed by atoms with Gasteiger partial charge in [-0.3, -0.25) is 0 Å². The Bertz CT molecular complexity index is 300. The largest absolute Gasteiger partial charge is 0.314 e. The van der Waals surface area contributed by atoms with E-state index in [9.17, 15) is 0 Å². The topological polar surface area (TPSA) is 37.8 Å². The van der Waals surface area contributed by atoms with Crippen molar-refractivity contribution in [1.82, 2.24) is 15.5 Å². The summed E-state index contributed by atoms with van der Waals surface area (Å²) in [6.07, 6.45) is 5.33. The van der Waals surface area contributed by atoms with E-state index in [0.29, 0.717) is 0 Å². The third kappa shape index (κ3) is 4.57. The molecule has 2 rings (SSSR count). The first-order valence-electron chi connectivity index (χ1n) is 5.51. The molecule has 0 saturated carbocycles. The second-order valence-electron chi connectivity index (χ2n) is 3.87. The average molecular weight is 280 g/mol. The van der Waals surface area contributed by atoms with E-state index in [-0.39, 0.29) is 12.4 Å². The minimum Gasteiger partial charge on any atom is -0.314 e. The molecule has 0 spiro atoms. The van der Waals surface area contributed by atoms with Crippen molar-refractivity contribution in [3.63, 3.8) is 0 Å². The number of hydrogen-bond acceptors (Lipinski definition) is 5. The molecule has 1 N–H and O–H groups in total. The maximum Gasteiger partial charge on any atom is 0.174 e. The predicted octanol–water partition coefficient (Wildman–Crippen LogP) is 2.89. The molecule has 1 atom stereocenters. The van der Waals surface area contributed by atoms with E-state index in [1.54, 1.807) is 11.3 Å². The zero-order valence-corrected chi connectivity index (χ0v) is 11.9. The summed E-state index contributed by atoms with van der Waals surface area (Å²) in [5.74, 6) is 1.16. The lowest BCUT2D eigenvalue weighted by atomic mass is 10.0. The van der Waals surface area contributed by atoms with Gasteiger partial charge in [0.05, 0.1) is 0 Å². The summed E-state index contributed by atoms with van der Waals surface area (Å²) in [6, 6.07) is 0.736. The highest BCUT2D eigenvalue weighted by Gasteiger charge is 2.12. The molecule has 1 aliphatic heterocycles. The van der Waals surface area contributed by atoms with E-state index in [1.165, 1.54) is 32.2 Å². The molecule has 1 unspecified atom stereocenters. The Hall–Kier alpha value is 0.160. The number of hydrogen-bond donors (Lipinski definition) is 1. The second kappa shape index (κ2) is 7.48. The number of nitrogens with one attached hydrogen (secondary N) is 1. The quantitative estimate of drug-likeness (QED) is 0.860. The zero-order valence-electron chi connectivity index (χ0n) is 9.44. The van der Waals surface area contributed by atoms with Crippen LogP contribution in [0, 0.1) is 6.92 Å². The number of aryl methyl sites for hydroxylation is 1. The second-order valence-corrected chi connectivity index (χ2v) is 6.39. The molecule has 1 fully saturated rings. The number of nitrogens with zero attached hydrogens (tertiary/aromatic N) is 2. The maximum absolute atomic E-state index is 4.11. The lowest BCUT2D eigenvalue weighted by Gasteiger charge is -2.22. The number of thioether (sulfide) groups is 1. The minimum atomic E-state index is 0. The first-order valence-corrected chi connectivity index (χ1v) is 7.31. The Balaban J connectivity index is 0.00000128. The Morgan fingerprint density at radius 3 is 2.94 bits per heavy atom. The Morgan fingerprint density at radius 1 is 1.44 bits per heavy atom. The van der Waals surface area contributed by atoms with Crippen molar-refractivity contribution in [3.05, 3.63) is 5.01 Å². The van der Waals surface area contributed by atoms with Crippen molar-refractivity contribution >= 4 is 35.5 Å². The van der Waals surface area contributed by atoms with Gasteiger partial charge >= 0.3 is 0 Å². The van der Waals surface area contributed by atoms with Crippen LogP contribution in [-0.4, -0.2) is 28.5 Å². The molecule has 0 aromatic carbocycles. The van der Waals surface area contributed by atoms with Gasteiger partial charge in [-0.15, -0.1) is 22.6 Å². The number of rotatable bonds is 4. The maximum atomic E-state index is 4.11. The molecule has 92 valence electrons. The third-order valence-electron chi connectivity index (χ3n) is 2.61. The molecular weight excluding hydrogens is 262 g/mol. The zero-order chi connectivity index (χ0) is 10.5. The number of piperidine rings is 1. The molecule has 1 saturated heterocycles. The Morgan fingerprint density at radius 2 is 2.31 bits per heavy atom. The van der Waals surface area contributed by atoms with Crippen LogP contribution < -0.4 is 5.32 Å². The van der Waals surface area contributed by atoms with Crippen LogP contribution in [0.1, 0.15) is 30.7 Å². The summed E-state index contributed by atoms with van der Waals surface area (Å²) in [4.78, 5) is 0. The van der Waals surface area contributed by atoms with Crippen LogP contribution in [0.25, 0.3) is 0 Å². The van der Waals surface area contributed by atoms with Gasteiger partial charge in [-0.2, -0.15) is 0 Å². The van der Waals surface area contributed by atoms with Crippen molar-refractivity contribution in [2.75, 3.05) is 12.3 Å². The lowest BCUT2D eigenvalue weighted by Crippen LogP contribution is -2.34. The monoisotopic (exact) mass is 279 g/mol. The fourth-order valence-electron chi connectivity index (χ4n) is 1.80. The van der Waals surface area contributed by atoms with E-state index >= 15 is 0 Å². The van der Waals surface area contributed by atoms with Gasteiger partial charge in [-0.05, 0) is 32.7 Å². The van der Waals surface area contributed by atoms with Gasteiger partial charge in [-0.25, -0.2) is 0 Å². The van der Waals surface area contributed by atoms with Crippen molar-refractivity contribution in [3.8, 4) is 0 Å². The first kappa shape index (κ1) is 14.2. The molecule has 0 radical (unpaired) electrons. The van der Waals surface area contributed by atoms with Gasteiger partial charge in [0, 0.05) is 11.8 Å². The van der Waals surface area contributed by atoms with Crippen molar-refractivity contribution in [2.45, 2.75) is 43.0 Å². The molecule has 1 aliphatic rings. The van der Waals surface area contributed by atoms with E-state index < -0.39 is 0 Å². The van der Waals surface area contributed by atoms with Crippen LogP contribution in [0.4, 0.5) is 0 Å². The van der Waals surface area contributed by atoms with Crippen LogP contribution in [-0.2, 0) is 0 Å². The van der Waals surface area contributed by atoms with Crippen molar-refractivity contribution in [2.24, 2.45) is 0 Å². The van der Waals surface area contributed by atoms with E-state index in [1.807, 2.05) is 18.7 Å². The van der Waals surface area contributed by atoms with Crippen LogP contribution in [0.3, 0.4) is 0 Å². The molecule has 6 heteroatoms. The van der Waals surface area contributed by atoms with Gasteiger partial charge < -0.3 is 5.32 Å². The van der Waals surface area contributed by atoms with E-state index in [4.69, 9.17) is 0 Å². The van der Waals surface area contributed by atoms with Crippen molar-refractivity contribution in [1.29, 1.82) is 0 Å². The smallest absolute Gasteiger partial charge is 0.174 e. The molecule has 0 amide bonds. The summed E-state index contributed by atoms with van der Waals surface area (Å²) in [5, 5.41) is 12.8. The molecule has 2 heterocycles. The number of aromatic nitrogens is 2. The summed E-state index contributed by atoms with van der Waals surface area (Å²) >= 11 is 3.53. The van der Waals surface area contributed by atoms with Crippen molar-refractivity contribution < 1.29 is 0 Å². The van der Waals surface area contributed by atoms with Crippen LogP contribution in [0.2, 0.25) is 0 Å². The van der Waals surface area contributed by atoms with Gasteiger partial charge in [-0.1, -0.05) is 29.5 Å². The minimum absolute atomic E-state index is 0. The van der Waals surface area contributed by atoms with Crippen LogP contribution in [0.15, 0.2) is 4.34 Å². The molecular formula is C10H18ClN3S2. The predicted molar refractivity (Wildman–Crippen MR) is 72.9 cm³/mol. The van der Waals surface area contributed by atoms with E-state index in [2.05, 4.69) is 15.5 Å². The molecule has 1 aromatic heterocycles. The Kier molecular flexibility index (Phi) is 6.65. The van der Waals surface area contributed by atoms with Gasteiger partial charge in [0.2, 0.25) is 0 Å².